The SMILES string of the molecule is N#C/C(=C\N(c1ccccc1)c1ccccc1)C(N)=O. The van der Waals surface area contributed by atoms with E-state index in [9.17, 15) is 4.79 Å². The second-order valence-corrected chi connectivity index (χ2v) is 4.06. The van der Waals surface area contributed by atoms with Crippen molar-refractivity contribution in [2.45, 2.75) is 0 Å². The highest BCUT2D eigenvalue weighted by molar-refractivity contribution is 5.96. The Morgan fingerprint density at radius 1 is 1.00 bits per heavy atom. The largest absolute Gasteiger partial charge is 0.365 e. The number of amides is 1. The third-order valence-electron chi connectivity index (χ3n) is 2.71. The number of para-hydroxylation sites is 2. The molecule has 4 nitrogen and oxygen atoms in total. The molecule has 2 rings (SSSR count). The molecule has 0 saturated carbocycles. The molecule has 98 valence electrons. The summed E-state index contributed by atoms with van der Waals surface area (Å²) in [5, 5.41) is 8.99. The van der Waals surface area contributed by atoms with Gasteiger partial charge >= 0.3 is 0 Å². The minimum Gasteiger partial charge on any atom is -0.365 e. The predicted octanol–water partition coefficient (Wildman–Crippen LogP) is 2.72. The zero-order valence-electron chi connectivity index (χ0n) is 10.7. The van der Waals surface area contributed by atoms with Crippen molar-refractivity contribution in [1.29, 1.82) is 5.26 Å². The zero-order valence-corrected chi connectivity index (χ0v) is 10.7. The van der Waals surface area contributed by atoms with Gasteiger partial charge in [0.1, 0.15) is 11.6 Å². The van der Waals surface area contributed by atoms with E-state index in [1.165, 1.54) is 6.20 Å². The number of anilines is 2. The molecule has 0 unspecified atom stereocenters. The van der Waals surface area contributed by atoms with Gasteiger partial charge in [0.05, 0.1) is 0 Å². The average molecular weight is 263 g/mol. The molecule has 2 aromatic carbocycles. The molecule has 0 atom stereocenters. The molecule has 0 aliphatic heterocycles. The zero-order chi connectivity index (χ0) is 14.4. The minimum absolute atomic E-state index is 0.0993. The van der Waals surface area contributed by atoms with E-state index in [1.54, 1.807) is 4.90 Å². The first-order valence-electron chi connectivity index (χ1n) is 6.03. The Morgan fingerprint density at radius 3 is 1.80 bits per heavy atom. The molecule has 0 radical (unpaired) electrons. The van der Waals surface area contributed by atoms with Crippen molar-refractivity contribution < 1.29 is 4.79 Å². The average Bonchev–Trinajstić information content (AvgIpc) is 2.50. The molecule has 0 aliphatic carbocycles. The quantitative estimate of drug-likeness (QED) is 0.681. The molecule has 0 fully saturated rings. The maximum atomic E-state index is 11.2. The van der Waals surface area contributed by atoms with E-state index in [1.807, 2.05) is 66.7 Å². The van der Waals surface area contributed by atoms with Gasteiger partial charge in [0.15, 0.2) is 0 Å². The molecule has 20 heavy (non-hydrogen) atoms. The summed E-state index contributed by atoms with van der Waals surface area (Å²) in [5.74, 6) is -0.746. The van der Waals surface area contributed by atoms with Crippen LogP contribution in [0.1, 0.15) is 0 Å². The standard InChI is InChI=1S/C16H13N3O/c17-11-13(16(18)20)12-19(14-7-3-1-4-8-14)15-9-5-2-6-10-15/h1-10,12H,(H2,18,20)/b13-12+. The molecular weight excluding hydrogens is 250 g/mol. The Hall–Kier alpha value is -3.06. The van der Waals surface area contributed by atoms with E-state index >= 15 is 0 Å². The summed E-state index contributed by atoms with van der Waals surface area (Å²) in [6.07, 6.45) is 1.45. The van der Waals surface area contributed by atoms with Crippen LogP contribution in [0.5, 0.6) is 0 Å². The lowest BCUT2D eigenvalue weighted by molar-refractivity contribution is -0.114. The first-order valence-corrected chi connectivity index (χ1v) is 6.03. The van der Waals surface area contributed by atoms with Gasteiger partial charge in [-0.3, -0.25) is 4.79 Å². The van der Waals surface area contributed by atoms with Crippen molar-refractivity contribution in [2.24, 2.45) is 5.73 Å². The van der Waals surface area contributed by atoms with Gasteiger partial charge in [-0.15, -0.1) is 0 Å². The number of nitrogens with two attached hydrogens (primary N) is 1. The Morgan fingerprint density at radius 2 is 1.45 bits per heavy atom. The first kappa shape index (κ1) is 13.4. The molecule has 1 amide bonds. The first-order chi connectivity index (χ1) is 9.72. The van der Waals surface area contributed by atoms with Gasteiger partial charge in [0.25, 0.3) is 5.91 Å². The molecular formula is C16H13N3O. The highest BCUT2D eigenvalue weighted by Gasteiger charge is 2.10. The van der Waals surface area contributed by atoms with Gasteiger partial charge in [-0.1, -0.05) is 36.4 Å². The lowest BCUT2D eigenvalue weighted by atomic mass is 10.2. The van der Waals surface area contributed by atoms with E-state index in [0.717, 1.165) is 11.4 Å². The summed E-state index contributed by atoms with van der Waals surface area (Å²) in [7, 11) is 0. The van der Waals surface area contributed by atoms with E-state index in [0.29, 0.717) is 0 Å². The van der Waals surface area contributed by atoms with Gasteiger partial charge in [0, 0.05) is 17.6 Å². The maximum absolute atomic E-state index is 11.2. The number of nitrogens with zero attached hydrogens (tertiary/aromatic N) is 2. The fraction of sp³-hybridized carbons (Fsp3) is 0. The number of hydrogen-bond donors (Lipinski definition) is 1. The number of primary amides is 1. The summed E-state index contributed by atoms with van der Waals surface area (Å²) < 4.78 is 0. The molecule has 2 N–H and O–H groups in total. The van der Waals surface area contributed by atoms with Crippen LogP contribution in [-0.2, 0) is 4.79 Å². The van der Waals surface area contributed by atoms with Crippen molar-refractivity contribution in [2.75, 3.05) is 4.90 Å². The number of carbonyl (C=O) groups excluding carboxylic acids is 1. The van der Waals surface area contributed by atoms with E-state index in [4.69, 9.17) is 11.0 Å². The molecule has 0 bridgehead atoms. The molecule has 0 spiro atoms. The van der Waals surface area contributed by atoms with Crippen LogP contribution in [0.25, 0.3) is 0 Å². The molecule has 0 aromatic heterocycles. The van der Waals surface area contributed by atoms with E-state index in [-0.39, 0.29) is 5.57 Å². The third-order valence-corrected chi connectivity index (χ3v) is 2.71. The van der Waals surface area contributed by atoms with Crippen LogP contribution >= 0.6 is 0 Å². The topological polar surface area (TPSA) is 70.1 Å². The van der Waals surface area contributed by atoms with Crippen molar-refractivity contribution >= 4 is 17.3 Å². The maximum Gasteiger partial charge on any atom is 0.260 e. The lowest BCUT2D eigenvalue weighted by Gasteiger charge is -2.21. The van der Waals surface area contributed by atoms with Crippen LogP contribution in [0.4, 0.5) is 11.4 Å². The normalized spacial score (nSPS) is 10.7. The van der Waals surface area contributed by atoms with Gasteiger partial charge in [-0.05, 0) is 24.3 Å². The second kappa shape index (κ2) is 6.21. The van der Waals surface area contributed by atoms with Crippen molar-refractivity contribution in [3.05, 3.63) is 72.4 Å². The molecule has 0 heterocycles. The molecule has 2 aromatic rings. The predicted molar refractivity (Wildman–Crippen MR) is 77.9 cm³/mol. The van der Waals surface area contributed by atoms with Gasteiger partial charge in [0.2, 0.25) is 0 Å². The van der Waals surface area contributed by atoms with Crippen LogP contribution in [0.2, 0.25) is 0 Å². The Labute approximate surface area is 117 Å². The molecule has 0 aliphatic rings. The van der Waals surface area contributed by atoms with Crippen molar-refractivity contribution in [1.82, 2.24) is 0 Å². The summed E-state index contributed by atoms with van der Waals surface area (Å²) in [5.41, 5.74) is 6.78. The van der Waals surface area contributed by atoms with Crippen molar-refractivity contribution in [3.63, 3.8) is 0 Å². The second-order valence-electron chi connectivity index (χ2n) is 4.06. The number of hydrogen-bond acceptors (Lipinski definition) is 3. The number of rotatable bonds is 4. The number of nitriles is 1. The fourth-order valence-electron chi connectivity index (χ4n) is 1.75. The highest BCUT2D eigenvalue weighted by Crippen LogP contribution is 2.25. The minimum atomic E-state index is -0.746. The van der Waals surface area contributed by atoms with Crippen LogP contribution < -0.4 is 10.6 Å². The number of benzene rings is 2. The molecule has 0 saturated heterocycles. The monoisotopic (exact) mass is 263 g/mol. The van der Waals surface area contributed by atoms with Crippen LogP contribution in [-0.4, -0.2) is 5.91 Å². The Bertz CT molecular complexity index is 618. The summed E-state index contributed by atoms with van der Waals surface area (Å²) >= 11 is 0. The van der Waals surface area contributed by atoms with Crippen LogP contribution in [0.3, 0.4) is 0 Å². The summed E-state index contributed by atoms with van der Waals surface area (Å²) in [4.78, 5) is 13.0. The van der Waals surface area contributed by atoms with Crippen molar-refractivity contribution in [3.8, 4) is 6.07 Å². The van der Waals surface area contributed by atoms with E-state index < -0.39 is 5.91 Å². The number of carbonyl (C=O) groups is 1. The van der Waals surface area contributed by atoms with Crippen LogP contribution in [0, 0.1) is 11.3 Å². The Kier molecular flexibility index (Phi) is 4.15. The molecule has 4 heteroatoms. The van der Waals surface area contributed by atoms with Gasteiger partial charge < -0.3 is 10.6 Å². The summed E-state index contributed by atoms with van der Waals surface area (Å²) in [6.45, 7) is 0. The Balaban J connectivity index is 2.52. The van der Waals surface area contributed by atoms with Gasteiger partial charge in [-0.25, -0.2) is 0 Å². The van der Waals surface area contributed by atoms with E-state index in [2.05, 4.69) is 0 Å². The lowest BCUT2D eigenvalue weighted by Crippen LogP contribution is -2.17. The van der Waals surface area contributed by atoms with Crippen LogP contribution in [0.15, 0.2) is 72.4 Å². The smallest absolute Gasteiger partial charge is 0.260 e. The summed E-state index contributed by atoms with van der Waals surface area (Å²) in [6, 6.07) is 20.7. The highest BCUT2D eigenvalue weighted by atomic mass is 16.1. The fourth-order valence-corrected chi connectivity index (χ4v) is 1.75. The van der Waals surface area contributed by atoms with Gasteiger partial charge in [-0.2, -0.15) is 5.26 Å². The third kappa shape index (κ3) is 3.03.